The smallest absolute Gasteiger partial charge is 0.316 e. The molecule has 0 bridgehead atoms. The zero-order valence-corrected chi connectivity index (χ0v) is 14.1. The molecule has 1 heterocycles. The molecule has 0 saturated heterocycles. The summed E-state index contributed by atoms with van der Waals surface area (Å²) < 4.78 is 11.0. The third-order valence-electron chi connectivity index (χ3n) is 3.77. The lowest BCUT2D eigenvalue weighted by Crippen LogP contribution is -2.55. The summed E-state index contributed by atoms with van der Waals surface area (Å²) in [6.45, 7) is 3.55. The Bertz CT molecular complexity index is 815. The van der Waals surface area contributed by atoms with E-state index in [1.54, 1.807) is 26.2 Å². The number of fused-ring (bicyclic) bond motifs is 1. The average Bonchev–Trinajstić information content (AvgIpc) is 2.88. The lowest BCUT2D eigenvalue weighted by atomic mass is 10.1. The highest BCUT2D eigenvalue weighted by Crippen LogP contribution is 2.31. The molecule has 0 aliphatic heterocycles. The number of urea groups is 1. The van der Waals surface area contributed by atoms with Crippen LogP contribution in [0.4, 0.5) is 4.79 Å². The fourth-order valence-electron chi connectivity index (χ4n) is 2.48. The largest absolute Gasteiger partial charge is 0.497 e. The summed E-state index contributed by atoms with van der Waals surface area (Å²) in [4.78, 5) is 34.2. The first-order valence-electron chi connectivity index (χ1n) is 7.47. The zero-order chi connectivity index (χ0) is 18.7. The predicted octanol–water partition coefficient (Wildman–Crippen LogP) is 0.449. The molecule has 0 spiro atoms. The van der Waals surface area contributed by atoms with Gasteiger partial charge in [0.1, 0.15) is 17.1 Å². The Hall–Kier alpha value is -3.23. The minimum Gasteiger partial charge on any atom is -0.497 e. The standard InChI is InChI=1S/C16H20N4O5/c1-7-10-6-9(24-3)4-5-11(10)25-13(7)8(2)19-16(23)20-12(14(17)21)15(18)22/h4-6,8,12H,1-3H3,(H2,17,21)(H2,18,22)(H2,19,20,23)/t8-/m0/s1. The topological polar surface area (TPSA) is 150 Å². The first-order valence-corrected chi connectivity index (χ1v) is 7.47. The van der Waals surface area contributed by atoms with Crippen molar-refractivity contribution in [3.8, 4) is 5.75 Å². The molecule has 4 amide bonds. The SMILES string of the molecule is COc1ccc2oc([C@H](C)NC(=O)NC(C(N)=O)C(N)=O)c(C)c2c1. The lowest BCUT2D eigenvalue weighted by molar-refractivity contribution is -0.128. The third-order valence-corrected chi connectivity index (χ3v) is 3.77. The van der Waals surface area contributed by atoms with Crippen LogP contribution >= 0.6 is 0 Å². The van der Waals surface area contributed by atoms with Crippen LogP contribution in [0.15, 0.2) is 22.6 Å². The summed E-state index contributed by atoms with van der Waals surface area (Å²) in [6.07, 6.45) is 0. The van der Waals surface area contributed by atoms with E-state index in [0.29, 0.717) is 17.1 Å². The zero-order valence-electron chi connectivity index (χ0n) is 14.1. The summed E-state index contributed by atoms with van der Waals surface area (Å²) in [5.74, 6) is -0.857. The van der Waals surface area contributed by atoms with Gasteiger partial charge in [0, 0.05) is 10.9 Å². The Balaban J connectivity index is 2.17. The Morgan fingerprint density at radius 3 is 2.36 bits per heavy atom. The Morgan fingerprint density at radius 1 is 1.16 bits per heavy atom. The van der Waals surface area contributed by atoms with Gasteiger partial charge in [-0.25, -0.2) is 4.79 Å². The molecule has 0 aliphatic rings. The second-order valence-corrected chi connectivity index (χ2v) is 5.53. The molecule has 0 saturated carbocycles. The maximum absolute atomic E-state index is 12.0. The van der Waals surface area contributed by atoms with Crippen molar-refractivity contribution in [1.82, 2.24) is 10.6 Å². The summed E-state index contributed by atoms with van der Waals surface area (Å²) in [7, 11) is 1.57. The van der Waals surface area contributed by atoms with E-state index in [2.05, 4.69) is 10.6 Å². The number of primary amides is 2. The number of carbonyl (C=O) groups is 3. The molecule has 9 heteroatoms. The van der Waals surface area contributed by atoms with Crippen LogP contribution in [0, 0.1) is 6.92 Å². The average molecular weight is 348 g/mol. The Morgan fingerprint density at radius 2 is 1.80 bits per heavy atom. The molecule has 9 nitrogen and oxygen atoms in total. The van der Waals surface area contributed by atoms with Crippen LogP contribution in [0.5, 0.6) is 5.75 Å². The summed E-state index contributed by atoms with van der Waals surface area (Å²) >= 11 is 0. The molecule has 25 heavy (non-hydrogen) atoms. The van der Waals surface area contributed by atoms with Gasteiger partial charge in [0.25, 0.3) is 0 Å². The van der Waals surface area contributed by atoms with Crippen LogP contribution in [0.1, 0.15) is 24.3 Å². The van der Waals surface area contributed by atoms with Crippen molar-refractivity contribution in [2.24, 2.45) is 11.5 Å². The maximum Gasteiger partial charge on any atom is 0.316 e. The van der Waals surface area contributed by atoms with E-state index in [0.717, 1.165) is 10.9 Å². The van der Waals surface area contributed by atoms with E-state index < -0.39 is 29.9 Å². The molecule has 0 aliphatic carbocycles. The van der Waals surface area contributed by atoms with Crippen molar-refractivity contribution < 1.29 is 23.5 Å². The van der Waals surface area contributed by atoms with Crippen LogP contribution in [0.3, 0.4) is 0 Å². The second kappa shape index (κ2) is 7.12. The number of hydrogen-bond acceptors (Lipinski definition) is 5. The molecule has 134 valence electrons. The number of furan rings is 1. The van der Waals surface area contributed by atoms with Crippen molar-refractivity contribution in [3.05, 3.63) is 29.5 Å². The number of nitrogens with one attached hydrogen (secondary N) is 2. The highest BCUT2D eigenvalue weighted by molar-refractivity contribution is 6.05. The Labute approximate surface area is 143 Å². The van der Waals surface area contributed by atoms with E-state index in [4.69, 9.17) is 20.6 Å². The van der Waals surface area contributed by atoms with Gasteiger partial charge >= 0.3 is 6.03 Å². The minimum absolute atomic E-state index is 0.528. The van der Waals surface area contributed by atoms with Gasteiger partial charge in [0.15, 0.2) is 6.04 Å². The van der Waals surface area contributed by atoms with Crippen LogP contribution in [0.2, 0.25) is 0 Å². The molecule has 1 atom stereocenters. The summed E-state index contributed by atoms with van der Waals surface area (Å²) in [6, 6.07) is 2.49. The van der Waals surface area contributed by atoms with E-state index in [1.807, 2.05) is 13.0 Å². The van der Waals surface area contributed by atoms with E-state index in [9.17, 15) is 14.4 Å². The number of nitrogens with two attached hydrogens (primary N) is 2. The number of aryl methyl sites for hydroxylation is 1. The van der Waals surface area contributed by atoms with Gasteiger partial charge in [-0.15, -0.1) is 0 Å². The molecule has 0 radical (unpaired) electrons. The van der Waals surface area contributed by atoms with E-state index >= 15 is 0 Å². The fourth-order valence-corrected chi connectivity index (χ4v) is 2.48. The number of amides is 4. The van der Waals surface area contributed by atoms with Crippen LogP contribution in [-0.4, -0.2) is 31.0 Å². The number of benzene rings is 1. The van der Waals surface area contributed by atoms with Crippen molar-refractivity contribution in [3.63, 3.8) is 0 Å². The molecular formula is C16H20N4O5. The Kier molecular flexibility index (Phi) is 5.16. The predicted molar refractivity (Wildman–Crippen MR) is 89.8 cm³/mol. The van der Waals surface area contributed by atoms with Gasteiger partial charge in [0.2, 0.25) is 11.8 Å². The number of methoxy groups -OCH3 is 1. The van der Waals surface area contributed by atoms with Crippen LogP contribution in [0.25, 0.3) is 11.0 Å². The van der Waals surface area contributed by atoms with Crippen molar-refractivity contribution in [2.75, 3.05) is 7.11 Å². The highest BCUT2D eigenvalue weighted by Gasteiger charge is 2.25. The quantitative estimate of drug-likeness (QED) is 0.559. The normalized spacial score (nSPS) is 12.0. The van der Waals surface area contributed by atoms with Gasteiger partial charge < -0.3 is 31.3 Å². The first kappa shape index (κ1) is 18.1. The van der Waals surface area contributed by atoms with Gasteiger partial charge in [0.05, 0.1) is 13.2 Å². The highest BCUT2D eigenvalue weighted by atomic mass is 16.5. The van der Waals surface area contributed by atoms with Gasteiger partial charge in [-0.1, -0.05) is 0 Å². The summed E-state index contributed by atoms with van der Waals surface area (Å²) in [5, 5.41) is 5.56. The molecule has 0 fully saturated rings. The fraction of sp³-hybridized carbons (Fsp3) is 0.312. The van der Waals surface area contributed by atoms with E-state index in [-0.39, 0.29) is 0 Å². The molecular weight excluding hydrogens is 328 g/mol. The van der Waals surface area contributed by atoms with Gasteiger partial charge in [-0.05, 0) is 32.0 Å². The third kappa shape index (κ3) is 3.82. The van der Waals surface area contributed by atoms with Gasteiger partial charge in [-0.3, -0.25) is 9.59 Å². The first-order chi connectivity index (χ1) is 11.7. The molecule has 1 aromatic heterocycles. The number of hydrogen-bond donors (Lipinski definition) is 4. The van der Waals surface area contributed by atoms with Crippen molar-refractivity contribution in [1.29, 1.82) is 0 Å². The van der Waals surface area contributed by atoms with Gasteiger partial charge in [-0.2, -0.15) is 0 Å². The number of rotatable bonds is 6. The monoisotopic (exact) mass is 348 g/mol. The molecule has 0 unspecified atom stereocenters. The van der Waals surface area contributed by atoms with Crippen molar-refractivity contribution >= 4 is 28.8 Å². The lowest BCUT2D eigenvalue weighted by Gasteiger charge is -2.16. The molecule has 2 aromatic rings. The number of ether oxygens (including phenoxy) is 1. The molecule has 2 rings (SSSR count). The second-order valence-electron chi connectivity index (χ2n) is 5.53. The van der Waals surface area contributed by atoms with Crippen LogP contribution in [-0.2, 0) is 9.59 Å². The van der Waals surface area contributed by atoms with Crippen LogP contribution < -0.4 is 26.8 Å². The maximum atomic E-state index is 12.0. The number of carbonyl (C=O) groups excluding carboxylic acids is 3. The van der Waals surface area contributed by atoms with E-state index in [1.165, 1.54) is 0 Å². The van der Waals surface area contributed by atoms with Crippen molar-refractivity contribution in [2.45, 2.75) is 25.9 Å². The minimum atomic E-state index is -1.59. The molecule has 1 aromatic carbocycles. The summed E-state index contributed by atoms with van der Waals surface area (Å²) in [5.41, 5.74) is 11.5. The molecule has 6 N–H and O–H groups in total.